The zero-order valence-corrected chi connectivity index (χ0v) is 13.9. The molecule has 1 saturated carbocycles. The average molecular weight is 320 g/mol. The van der Waals surface area contributed by atoms with Gasteiger partial charge in [0.15, 0.2) is 5.17 Å². The van der Waals surface area contributed by atoms with E-state index in [1.54, 1.807) is 11.8 Å². The van der Waals surface area contributed by atoms with Crippen molar-refractivity contribution >= 4 is 16.9 Å². The fourth-order valence-corrected chi connectivity index (χ4v) is 3.76. The van der Waals surface area contributed by atoms with Gasteiger partial charge >= 0.3 is 0 Å². The summed E-state index contributed by atoms with van der Waals surface area (Å²) in [5.74, 6) is 2.69. The molecule has 1 aromatic carbocycles. The smallest absolute Gasteiger partial charge is 0.157 e. The minimum atomic E-state index is 0.517. The second-order valence-electron chi connectivity index (χ2n) is 5.64. The molecule has 1 aromatic rings. The van der Waals surface area contributed by atoms with Crippen molar-refractivity contribution in [1.82, 2.24) is 5.32 Å². The highest BCUT2D eigenvalue weighted by molar-refractivity contribution is 8.13. The molecule has 2 atom stereocenters. The highest BCUT2D eigenvalue weighted by Crippen LogP contribution is 2.27. The summed E-state index contributed by atoms with van der Waals surface area (Å²) in [6.07, 6.45) is 5.17. The number of ether oxygens (including phenoxy) is 2. The van der Waals surface area contributed by atoms with Gasteiger partial charge in [0.1, 0.15) is 11.5 Å². The molecule has 5 heteroatoms. The Morgan fingerprint density at radius 1 is 1.14 bits per heavy atom. The third kappa shape index (κ3) is 4.09. The number of aliphatic imine (C=N–C) groups is 1. The molecule has 1 aliphatic carbocycles. The quantitative estimate of drug-likeness (QED) is 0.815. The number of amidine groups is 1. The van der Waals surface area contributed by atoms with Gasteiger partial charge in [-0.25, -0.2) is 0 Å². The van der Waals surface area contributed by atoms with Gasteiger partial charge < -0.3 is 14.8 Å². The molecule has 0 aromatic heterocycles. The molecule has 0 saturated heterocycles. The maximum Gasteiger partial charge on any atom is 0.157 e. The second-order valence-corrected chi connectivity index (χ2v) is 6.72. The van der Waals surface area contributed by atoms with E-state index >= 15 is 0 Å². The van der Waals surface area contributed by atoms with E-state index < -0.39 is 0 Å². The Bertz CT molecular complexity index is 504. The van der Waals surface area contributed by atoms with Gasteiger partial charge in [0.05, 0.1) is 25.3 Å². The van der Waals surface area contributed by atoms with Crippen molar-refractivity contribution in [1.29, 1.82) is 0 Å². The van der Waals surface area contributed by atoms with Crippen LogP contribution < -0.4 is 14.8 Å². The summed E-state index contributed by atoms with van der Waals surface area (Å²) >= 11 is 1.77. The van der Waals surface area contributed by atoms with Gasteiger partial charge in [-0.1, -0.05) is 24.6 Å². The maximum absolute atomic E-state index is 5.76. The number of rotatable bonds is 6. The molecule has 3 rings (SSSR count). The molecule has 0 amide bonds. The first-order valence-electron chi connectivity index (χ1n) is 8.18. The third-order valence-electron chi connectivity index (χ3n) is 4.05. The Hall–Kier alpha value is -1.36. The third-order valence-corrected chi connectivity index (χ3v) is 4.91. The molecule has 0 spiro atoms. The lowest BCUT2D eigenvalue weighted by Gasteiger charge is -2.23. The molecule has 1 N–H and O–H groups in total. The Labute approximate surface area is 136 Å². The van der Waals surface area contributed by atoms with Crippen LogP contribution in [0.1, 0.15) is 32.6 Å². The van der Waals surface area contributed by atoms with Gasteiger partial charge in [0, 0.05) is 5.75 Å². The van der Waals surface area contributed by atoms with Gasteiger partial charge in [-0.2, -0.15) is 0 Å². The fourth-order valence-electron chi connectivity index (χ4n) is 2.96. The van der Waals surface area contributed by atoms with Crippen molar-refractivity contribution < 1.29 is 9.47 Å². The monoisotopic (exact) mass is 320 g/mol. The van der Waals surface area contributed by atoms with Gasteiger partial charge in [-0.3, -0.25) is 4.99 Å². The van der Waals surface area contributed by atoms with Crippen LogP contribution in [0.4, 0.5) is 0 Å². The molecular formula is C17H24N2O2S. The fraction of sp³-hybridized carbons (Fsp3) is 0.588. The van der Waals surface area contributed by atoms with Crippen molar-refractivity contribution in [3.8, 4) is 11.5 Å². The first-order chi connectivity index (χ1) is 10.8. The summed E-state index contributed by atoms with van der Waals surface area (Å²) in [5.41, 5.74) is 0. The van der Waals surface area contributed by atoms with Crippen molar-refractivity contribution in [2.24, 2.45) is 4.99 Å². The molecule has 0 radical (unpaired) electrons. The lowest BCUT2D eigenvalue weighted by atomic mass is 9.92. The van der Waals surface area contributed by atoms with Crippen LogP contribution in [0.15, 0.2) is 29.3 Å². The predicted octanol–water partition coefficient (Wildman–Crippen LogP) is 3.47. The minimum absolute atomic E-state index is 0.517. The molecular weight excluding hydrogens is 296 g/mol. The Morgan fingerprint density at radius 2 is 1.86 bits per heavy atom. The van der Waals surface area contributed by atoms with E-state index in [1.165, 1.54) is 25.7 Å². The van der Waals surface area contributed by atoms with Crippen molar-refractivity contribution in [3.63, 3.8) is 0 Å². The van der Waals surface area contributed by atoms with E-state index in [2.05, 4.69) is 5.32 Å². The first kappa shape index (κ1) is 15.5. The van der Waals surface area contributed by atoms with Crippen LogP contribution in [-0.4, -0.2) is 36.2 Å². The van der Waals surface area contributed by atoms with E-state index in [-0.39, 0.29) is 0 Å². The van der Waals surface area contributed by atoms with E-state index in [0.29, 0.717) is 25.3 Å². The van der Waals surface area contributed by atoms with Crippen LogP contribution in [0.2, 0.25) is 0 Å². The Morgan fingerprint density at radius 3 is 2.59 bits per heavy atom. The molecule has 4 nitrogen and oxygen atoms in total. The highest BCUT2D eigenvalue weighted by Gasteiger charge is 2.30. The summed E-state index contributed by atoms with van der Waals surface area (Å²) in [7, 11) is 0. The number of thioether (sulfide) groups is 1. The largest absolute Gasteiger partial charge is 0.494 e. The molecule has 2 unspecified atom stereocenters. The normalized spacial score (nSPS) is 23.4. The second kappa shape index (κ2) is 7.77. The Kier molecular flexibility index (Phi) is 5.48. The number of hydrogen-bond donors (Lipinski definition) is 1. The van der Waals surface area contributed by atoms with Gasteiger partial charge in [0.2, 0.25) is 0 Å². The zero-order chi connectivity index (χ0) is 15.2. The van der Waals surface area contributed by atoms with Crippen LogP contribution in [0.3, 0.4) is 0 Å². The minimum Gasteiger partial charge on any atom is -0.494 e. The SMILES string of the molecule is CCOc1ccc(OCCSC2=NC3CCCCC3N2)cc1. The van der Waals surface area contributed by atoms with Crippen LogP contribution >= 0.6 is 11.8 Å². The first-order valence-corrected chi connectivity index (χ1v) is 9.16. The van der Waals surface area contributed by atoms with Crippen LogP contribution in [0, 0.1) is 0 Å². The molecule has 1 aliphatic heterocycles. The summed E-state index contributed by atoms with van der Waals surface area (Å²) in [6.45, 7) is 3.36. The van der Waals surface area contributed by atoms with E-state index in [1.807, 2.05) is 31.2 Å². The molecule has 0 bridgehead atoms. The summed E-state index contributed by atoms with van der Waals surface area (Å²) in [6, 6.07) is 8.90. The molecule has 1 heterocycles. The molecule has 120 valence electrons. The number of hydrogen-bond acceptors (Lipinski definition) is 5. The summed E-state index contributed by atoms with van der Waals surface area (Å²) < 4.78 is 11.2. The van der Waals surface area contributed by atoms with Gasteiger partial charge in [0.25, 0.3) is 0 Å². The van der Waals surface area contributed by atoms with Crippen molar-refractivity contribution in [2.45, 2.75) is 44.7 Å². The zero-order valence-electron chi connectivity index (χ0n) is 13.1. The number of nitrogens with zero attached hydrogens (tertiary/aromatic N) is 1. The lowest BCUT2D eigenvalue weighted by molar-refractivity contribution is 0.332. The topological polar surface area (TPSA) is 42.9 Å². The molecule has 1 fully saturated rings. The maximum atomic E-state index is 5.76. The summed E-state index contributed by atoms with van der Waals surface area (Å²) in [4.78, 5) is 4.78. The van der Waals surface area contributed by atoms with Crippen molar-refractivity contribution in [2.75, 3.05) is 19.0 Å². The number of nitrogens with one attached hydrogen (secondary N) is 1. The van der Waals surface area contributed by atoms with Crippen LogP contribution in [0.25, 0.3) is 0 Å². The highest BCUT2D eigenvalue weighted by atomic mass is 32.2. The van der Waals surface area contributed by atoms with E-state index in [4.69, 9.17) is 14.5 Å². The van der Waals surface area contributed by atoms with Crippen molar-refractivity contribution in [3.05, 3.63) is 24.3 Å². The van der Waals surface area contributed by atoms with Crippen LogP contribution in [-0.2, 0) is 0 Å². The summed E-state index contributed by atoms with van der Waals surface area (Å²) in [5, 5.41) is 4.66. The predicted molar refractivity (Wildman–Crippen MR) is 92.2 cm³/mol. The molecule has 22 heavy (non-hydrogen) atoms. The van der Waals surface area contributed by atoms with Gasteiger partial charge in [-0.15, -0.1) is 0 Å². The van der Waals surface area contributed by atoms with E-state index in [0.717, 1.165) is 22.4 Å². The Balaban J connectivity index is 1.37. The van der Waals surface area contributed by atoms with Crippen LogP contribution in [0.5, 0.6) is 11.5 Å². The number of fused-ring (bicyclic) bond motifs is 1. The van der Waals surface area contributed by atoms with E-state index in [9.17, 15) is 0 Å². The standard InChI is InChI=1S/C17H24N2O2S/c1-2-20-13-7-9-14(10-8-13)21-11-12-22-17-18-15-5-3-4-6-16(15)19-17/h7-10,15-16H,2-6,11-12H2,1H3,(H,18,19). The average Bonchev–Trinajstić information content (AvgIpc) is 2.96. The van der Waals surface area contributed by atoms with Gasteiger partial charge in [-0.05, 0) is 44.0 Å². The lowest BCUT2D eigenvalue weighted by Crippen LogP contribution is -2.36. The number of benzene rings is 1. The molecule has 2 aliphatic rings.